The number of nitrogens with zero attached hydrogens (tertiary/aromatic N) is 3. The highest BCUT2D eigenvalue weighted by Gasteiger charge is 2.51. The maximum atomic E-state index is 12.8. The molecule has 4 rings (SSSR count). The molecule has 30 heavy (non-hydrogen) atoms. The van der Waals surface area contributed by atoms with Crippen molar-refractivity contribution in [3.63, 3.8) is 0 Å². The zero-order valence-electron chi connectivity index (χ0n) is 17.3. The summed E-state index contributed by atoms with van der Waals surface area (Å²) in [5.74, 6) is 0.0761. The van der Waals surface area contributed by atoms with Crippen LogP contribution in [0.4, 0.5) is 5.69 Å². The van der Waals surface area contributed by atoms with Gasteiger partial charge in [0, 0.05) is 44.8 Å². The van der Waals surface area contributed by atoms with Gasteiger partial charge in [0.15, 0.2) is 0 Å². The molecule has 166 valence electrons. The van der Waals surface area contributed by atoms with Crippen molar-refractivity contribution < 1.29 is 15.0 Å². The molecule has 1 aromatic carbocycles. The van der Waals surface area contributed by atoms with E-state index >= 15 is 0 Å². The van der Waals surface area contributed by atoms with E-state index < -0.39 is 0 Å². The number of aliphatic hydroxyl groups is 2. The van der Waals surface area contributed by atoms with E-state index in [1.54, 1.807) is 6.07 Å². The zero-order chi connectivity index (χ0) is 21.3. The van der Waals surface area contributed by atoms with Crippen molar-refractivity contribution in [3.8, 4) is 0 Å². The van der Waals surface area contributed by atoms with E-state index in [1.807, 2.05) is 17.0 Å². The molecular formula is C22H31Cl2N3O3. The number of benzene rings is 1. The number of halogens is 2. The summed E-state index contributed by atoms with van der Waals surface area (Å²) < 4.78 is 0. The molecule has 1 saturated carbocycles. The van der Waals surface area contributed by atoms with Gasteiger partial charge in [-0.25, -0.2) is 0 Å². The Morgan fingerprint density at radius 2 is 1.90 bits per heavy atom. The van der Waals surface area contributed by atoms with Gasteiger partial charge in [-0.15, -0.1) is 0 Å². The van der Waals surface area contributed by atoms with Gasteiger partial charge in [0.05, 0.1) is 28.8 Å². The van der Waals surface area contributed by atoms with Crippen molar-refractivity contribution in [1.29, 1.82) is 0 Å². The van der Waals surface area contributed by atoms with Crippen LogP contribution in [-0.2, 0) is 4.79 Å². The lowest BCUT2D eigenvalue weighted by atomic mass is 9.90. The maximum absolute atomic E-state index is 12.8. The van der Waals surface area contributed by atoms with Crippen molar-refractivity contribution >= 4 is 34.8 Å². The fourth-order valence-electron chi connectivity index (χ4n) is 4.87. The largest absolute Gasteiger partial charge is 0.394 e. The van der Waals surface area contributed by atoms with E-state index in [0.29, 0.717) is 49.1 Å². The first-order valence-electron chi connectivity index (χ1n) is 10.9. The lowest BCUT2D eigenvalue weighted by molar-refractivity contribution is -0.133. The van der Waals surface area contributed by atoms with E-state index in [1.165, 1.54) is 0 Å². The molecule has 2 atom stereocenters. The lowest BCUT2D eigenvalue weighted by Crippen LogP contribution is -2.48. The minimum Gasteiger partial charge on any atom is -0.394 e. The number of anilines is 1. The Balaban J connectivity index is 1.33. The van der Waals surface area contributed by atoms with Crippen molar-refractivity contribution in [1.82, 2.24) is 9.80 Å². The fourth-order valence-corrected chi connectivity index (χ4v) is 5.16. The quantitative estimate of drug-likeness (QED) is 0.689. The van der Waals surface area contributed by atoms with Gasteiger partial charge in [-0.05, 0) is 55.8 Å². The number of carbonyl (C=O) groups is 1. The Kier molecular flexibility index (Phi) is 6.80. The highest BCUT2D eigenvalue weighted by Crippen LogP contribution is 2.53. The summed E-state index contributed by atoms with van der Waals surface area (Å²) in [6.07, 6.45) is 4.24. The van der Waals surface area contributed by atoms with Gasteiger partial charge in [0.2, 0.25) is 5.91 Å². The topological polar surface area (TPSA) is 67.2 Å². The molecule has 0 bridgehead atoms. The summed E-state index contributed by atoms with van der Waals surface area (Å²) in [5.41, 5.74) is 1.15. The standard InChI is InChI=1S/C22H31Cl2N3O3/c23-18-2-1-16(13-19(18)24)26-9-4-21(30)27(12-11-26)17(15-28)3-8-25-10-7-22(5-6-22)20(29)14-25/h1-2,13,17,20,28-29H,3-12,14-15H2. The molecule has 3 aliphatic rings. The first-order chi connectivity index (χ1) is 14.4. The number of rotatable bonds is 6. The number of hydrogen-bond acceptors (Lipinski definition) is 5. The Bertz CT molecular complexity index is 774. The molecule has 2 N–H and O–H groups in total. The normalized spacial score (nSPS) is 25.5. The summed E-state index contributed by atoms with van der Waals surface area (Å²) in [7, 11) is 0. The number of piperidine rings is 1. The van der Waals surface area contributed by atoms with E-state index in [9.17, 15) is 15.0 Å². The molecule has 3 fully saturated rings. The second kappa shape index (κ2) is 9.21. The smallest absolute Gasteiger partial charge is 0.224 e. The number of aliphatic hydroxyl groups excluding tert-OH is 2. The molecule has 0 radical (unpaired) electrons. The molecule has 2 unspecified atom stereocenters. The molecule has 1 aliphatic carbocycles. The van der Waals surface area contributed by atoms with Gasteiger partial charge >= 0.3 is 0 Å². The van der Waals surface area contributed by atoms with Crippen LogP contribution >= 0.6 is 23.2 Å². The van der Waals surface area contributed by atoms with E-state index in [2.05, 4.69) is 9.80 Å². The Morgan fingerprint density at radius 1 is 1.10 bits per heavy atom. The van der Waals surface area contributed by atoms with Crippen molar-refractivity contribution in [2.24, 2.45) is 5.41 Å². The van der Waals surface area contributed by atoms with Crippen LogP contribution in [0.25, 0.3) is 0 Å². The second-order valence-corrected chi connectivity index (χ2v) is 9.79. The summed E-state index contributed by atoms with van der Waals surface area (Å²) in [6.45, 7) is 4.32. The number of likely N-dealkylation sites (tertiary alicyclic amines) is 1. The number of hydrogen-bond donors (Lipinski definition) is 2. The van der Waals surface area contributed by atoms with Crippen LogP contribution in [-0.4, -0.2) is 83.9 Å². The van der Waals surface area contributed by atoms with Crippen LogP contribution in [0.2, 0.25) is 10.0 Å². The summed E-state index contributed by atoms with van der Waals surface area (Å²) in [5, 5.41) is 21.4. The average molecular weight is 456 g/mol. The van der Waals surface area contributed by atoms with Crippen molar-refractivity contribution in [2.45, 2.75) is 44.2 Å². The van der Waals surface area contributed by atoms with Gasteiger partial charge in [-0.1, -0.05) is 23.2 Å². The van der Waals surface area contributed by atoms with Gasteiger partial charge < -0.3 is 24.9 Å². The second-order valence-electron chi connectivity index (χ2n) is 8.98. The third kappa shape index (κ3) is 4.73. The highest BCUT2D eigenvalue weighted by molar-refractivity contribution is 6.42. The van der Waals surface area contributed by atoms with Crippen LogP contribution in [0.1, 0.15) is 32.1 Å². The predicted molar refractivity (Wildman–Crippen MR) is 119 cm³/mol. The Hall–Kier alpha value is -1.05. The third-order valence-electron chi connectivity index (χ3n) is 7.18. The van der Waals surface area contributed by atoms with Crippen molar-refractivity contribution in [3.05, 3.63) is 28.2 Å². The molecule has 8 heteroatoms. The van der Waals surface area contributed by atoms with Gasteiger partial charge in [0.25, 0.3) is 0 Å². The minimum absolute atomic E-state index is 0.0428. The third-order valence-corrected chi connectivity index (χ3v) is 7.92. The number of amides is 1. The molecule has 2 aliphatic heterocycles. The summed E-state index contributed by atoms with van der Waals surface area (Å²) >= 11 is 12.2. The van der Waals surface area contributed by atoms with Crippen LogP contribution in [0.15, 0.2) is 18.2 Å². The van der Waals surface area contributed by atoms with Crippen molar-refractivity contribution in [2.75, 3.05) is 50.8 Å². The highest BCUT2D eigenvalue weighted by atomic mass is 35.5. The van der Waals surface area contributed by atoms with E-state index in [-0.39, 0.29) is 30.1 Å². The average Bonchev–Trinajstić information content (AvgIpc) is 3.53. The van der Waals surface area contributed by atoms with Crippen LogP contribution in [0.3, 0.4) is 0 Å². The molecule has 1 aromatic rings. The van der Waals surface area contributed by atoms with Gasteiger partial charge in [-0.3, -0.25) is 4.79 Å². The summed E-state index contributed by atoms with van der Waals surface area (Å²) in [6, 6.07) is 5.34. The van der Waals surface area contributed by atoms with Crippen LogP contribution in [0, 0.1) is 5.41 Å². The zero-order valence-corrected chi connectivity index (χ0v) is 18.8. The Morgan fingerprint density at radius 3 is 2.57 bits per heavy atom. The minimum atomic E-state index is -0.238. The van der Waals surface area contributed by atoms with Crippen LogP contribution in [0.5, 0.6) is 0 Å². The monoisotopic (exact) mass is 455 g/mol. The van der Waals surface area contributed by atoms with Gasteiger partial charge in [0.1, 0.15) is 0 Å². The maximum Gasteiger partial charge on any atom is 0.224 e. The SMILES string of the molecule is O=C1CCN(c2ccc(Cl)c(Cl)c2)CCN1C(CO)CCN1CCC2(CC2)C(O)C1. The molecular weight excluding hydrogens is 425 g/mol. The molecule has 2 saturated heterocycles. The molecule has 0 aromatic heterocycles. The molecule has 2 heterocycles. The predicted octanol–water partition coefficient (Wildman–Crippen LogP) is 2.63. The Labute approximate surface area is 188 Å². The van der Waals surface area contributed by atoms with Crippen LogP contribution < -0.4 is 4.90 Å². The number of carbonyl (C=O) groups excluding carboxylic acids is 1. The van der Waals surface area contributed by atoms with Gasteiger partial charge in [-0.2, -0.15) is 0 Å². The first-order valence-corrected chi connectivity index (χ1v) is 11.7. The first kappa shape index (κ1) is 22.2. The fraction of sp³-hybridized carbons (Fsp3) is 0.682. The molecule has 1 spiro atoms. The van der Waals surface area contributed by atoms with E-state index in [4.69, 9.17) is 23.2 Å². The summed E-state index contributed by atoms with van der Waals surface area (Å²) in [4.78, 5) is 19.1. The lowest BCUT2D eigenvalue weighted by Gasteiger charge is -2.38. The molecule has 1 amide bonds. The number of β-amino-alcohol motifs (C(OH)–C–C–N with tert-alkyl or cyclic N) is 1. The van der Waals surface area contributed by atoms with E-state index in [0.717, 1.165) is 38.0 Å². The molecule has 6 nitrogen and oxygen atoms in total.